The molecule has 1 unspecified atom stereocenters. The Morgan fingerprint density at radius 3 is 2.71 bits per heavy atom. The summed E-state index contributed by atoms with van der Waals surface area (Å²) in [5, 5.41) is 2.97. The summed E-state index contributed by atoms with van der Waals surface area (Å²) < 4.78 is 6.54. The molecule has 148 valence electrons. The summed E-state index contributed by atoms with van der Waals surface area (Å²) in [6.07, 6.45) is 0.414. The zero-order chi connectivity index (χ0) is 20.1. The number of anilines is 1. The number of benzene rings is 2. The second-order valence-electron chi connectivity index (χ2n) is 7.28. The molecule has 1 aliphatic heterocycles. The molecule has 0 saturated carbocycles. The van der Waals surface area contributed by atoms with Crippen molar-refractivity contribution in [3.8, 4) is 0 Å². The summed E-state index contributed by atoms with van der Waals surface area (Å²) in [6.45, 7) is 5.41. The van der Waals surface area contributed by atoms with E-state index in [1.807, 2.05) is 62.4 Å². The number of ether oxygens (including phenoxy) is 1. The topological polar surface area (TPSA) is 58.6 Å². The van der Waals surface area contributed by atoms with Gasteiger partial charge in [-0.15, -0.1) is 0 Å². The molecule has 0 aromatic heterocycles. The van der Waals surface area contributed by atoms with Crippen LogP contribution in [-0.2, 0) is 27.5 Å². The van der Waals surface area contributed by atoms with E-state index < -0.39 is 0 Å². The van der Waals surface area contributed by atoms with Crippen LogP contribution >= 0.6 is 15.9 Å². The van der Waals surface area contributed by atoms with E-state index in [1.54, 1.807) is 4.90 Å². The largest absolute Gasteiger partial charge is 0.374 e. The van der Waals surface area contributed by atoms with Crippen LogP contribution in [0.3, 0.4) is 0 Å². The van der Waals surface area contributed by atoms with Crippen molar-refractivity contribution in [2.24, 2.45) is 5.92 Å². The lowest BCUT2D eigenvalue weighted by Gasteiger charge is -2.17. The van der Waals surface area contributed by atoms with Crippen LogP contribution in [0, 0.1) is 5.92 Å². The molecule has 6 heteroatoms. The van der Waals surface area contributed by atoms with E-state index in [0.717, 1.165) is 21.3 Å². The quantitative estimate of drug-likeness (QED) is 0.700. The highest BCUT2D eigenvalue weighted by molar-refractivity contribution is 9.10. The Kier molecular flexibility index (Phi) is 6.86. The summed E-state index contributed by atoms with van der Waals surface area (Å²) >= 11 is 3.42. The highest BCUT2D eigenvalue weighted by atomic mass is 79.9. The van der Waals surface area contributed by atoms with Gasteiger partial charge in [0, 0.05) is 29.7 Å². The first-order chi connectivity index (χ1) is 13.4. The molecule has 1 fully saturated rings. The monoisotopic (exact) mass is 444 g/mol. The summed E-state index contributed by atoms with van der Waals surface area (Å²) in [5.41, 5.74) is 2.91. The lowest BCUT2D eigenvalue weighted by molar-refractivity contribution is -0.126. The van der Waals surface area contributed by atoms with Gasteiger partial charge in [-0.3, -0.25) is 9.59 Å². The lowest BCUT2D eigenvalue weighted by atomic mass is 10.1. The molecule has 0 radical (unpaired) electrons. The molecule has 0 spiro atoms. The standard InChI is InChI=1S/C22H25BrN2O3/c1-15(2)28-14-17-6-3-5-16(9-17)12-24-22(27)18-10-21(26)25(13-18)20-8-4-7-19(23)11-20/h3-9,11,15,18H,10,12-14H2,1-2H3,(H,24,27). The molecule has 2 aromatic carbocycles. The van der Waals surface area contributed by atoms with Gasteiger partial charge in [-0.1, -0.05) is 46.3 Å². The van der Waals surface area contributed by atoms with E-state index in [4.69, 9.17) is 4.74 Å². The second kappa shape index (κ2) is 9.34. The Labute approximate surface area is 174 Å². The van der Waals surface area contributed by atoms with Gasteiger partial charge in [-0.05, 0) is 43.2 Å². The number of nitrogens with one attached hydrogen (secondary N) is 1. The van der Waals surface area contributed by atoms with Crippen LogP contribution in [0.1, 0.15) is 31.4 Å². The van der Waals surface area contributed by atoms with E-state index in [2.05, 4.69) is 21.2 Å². The molecule has 28 heavy (non-hydrogen) atoms. The number of rotatable bonds is 7. The Morgan fingerprint density at radius 2 is 1.96 bits per heavy atom. The zero-order valence-corrected chi connectivity index (χ0v) is 17.7. The third-order valence-corrected chi connectivity index (χ3v) is 5.15. The summed E-state index contributed by atoms with van der Waals surface area (Å²) in [7, 11) is 0. The maximum atomic E-state index is 12.6. The summed E-state index contributed by atoms with van der Waals surface area (Å²) in [4.78, 5) is 26.6. The Balaban J connectivity index is 1.56. The molecule has 5 nitrogen and oxygen atoms in total. The van der Waals surface area contributed by atoms with Crippen molar-refractivity contribution in [3.05, 3.63) is 64.1 Å². The molecule has 2 amide bonds. The van der Waals surface area contributed by atoms with Gasteiger partial charge in [-0.25, -0.2) is 0 Å². The third kappa shape index (κ3) is 5.42. The van der Waals surface area contributed by atoms with E-state index >= 15 is 0 Å². The number of amides is 2. The Morgan fingerprint density at radius 1 is 1.21 bits per heavy atom. The van der Waals surface area contributed by atoms with Crippen molar-refractivity contribution in [2.75, 3.05) is 11.4 Å². The van der Waals surface area contributed by atoms with Gasteiger partial charge in [0.15, 0.2) is 0 Å². The molecule has 1 atom stereocenters. The van der Waals surface area contributed by atoms with E-state index in [9.17, 15) is 9.59 Å². The fourth-order valence-electron chi connectivity index (χ4n) is 3.20. The minimum atomic E-state index is -0.334. The molecule has 0 aliphatic carbocycles. The minimum Gasteiger partial charge on any atom is -0.374 e. The van der Waals surface area contributed by atoms with Gasteiger partial charge in [-0.2, -0.15) is 0 Å². The molecule has 0 bridgehead atoms. The first kappa shape index (κ1) is 20.6. The van der Waals surface area contributed by atoms with Crippen LogP contribution in [0.25, 0.3) is 0 Å². The van der Waals surface area contributed by atoms with Crippen LogP contribution in [0.2, 0.25) is 0 Å². The van der Waals surface area contributed by atoms with E-state index in [1.165, 1.54) is 0 Å². The van der Waals surface area contributed by atoms with Gasteiger partial charge in [0.25, 0.3) is 0 Å². The average molecular weight is 445 g/mol. The predicted molar refractivity (Wildman–Crippen MR) is 113 cm³/mol. The fourth-order valence-corrected chi connectivity index (χ4v) is 3.59. The van der Waals surface area contributed by atoms with Gasteiger partial charge in [0.2, 0.25) is 11.8 Å². The van der Waals surface area contributed by atoms with Gasteiger partial charge >= 0.3 is 0 Å². The van der Waals surface area contributed by atoms with Gasteiger partial charge in [0.1, 0.15) is 0 Å². The number of halogens is 1. The van der Waals surface area contributed by atoms with E-state index in [-0.39, 0.29) is 30.3 Å². The first-order valence-electron chi connectivity index (χ1n) is 9.45. The van der Waals surface area contributed by atoms with Crippen LogP contribution in [0.4, 0.5) is 5.69 Å². The number of hydrogen-bond acceptors (Lipinski definition) is 3. The number of carbonyl (C=O) groups is 2. The molecule has 1 N–H and O–H groups in total. The van der Waals surface area contributed by atoms with Crippen molar-refractivity contribution in [1.82, 2.24) is 5.32 Å². The fraction of sp³-hybridized carbons (Fsp3) is 0.364. The molecule has 1 aliphatic rings. The van der Waals surface area contributed by atoms with Gasteiger partial charge < -0.3 is 15.0 Å². The van der Waals surface area contributed by atoms with Crippen molar-refractivity contribution in [2.45, 2.75) is 39.5 Å². The summed E-state index contributed by atoms with van der Waals surface area (Å²) in [5.74, 6) is -0.445. The Bertz CT molecular complexity index is 853. The molecular weight excluding hydrogens is 420 g/mol. The van der Waals surface area contributed by atoms with Crippen molar-refractivity contribution < 1.29 is 14.3 Å². The third-order valence-electron chi connectivity index (χ3n) is 4.66. The molecule has 2 aromatic rings. The molecular formula is C22H25BrN2O3. The smallest absolute Gasteiger partial charge is 0.227 e. The average Bonchev–Trinajstić information content (AvgIpc) is 3.06. The lowest BCUT2D eigenvalue weighted by Crippen LogP contribution is -2.32. The van der Waals surface area contributed by atoms with Crippen LogP contribution in [-0.4, -0.2) is 24.5 Å². The van der Waals surface area contributed by atoms with Crippen LogP contribution in [0.15, 0.2) is 53.0 Å². The Hall–Kier alpha value is -2.18. The normalized spacial score (nSPS) is 16.6. The van der Waals surface area contributed by atoms with Crippen molar-refractivity contribution >= 4 is 33.4 Å². The van der Waals surface area contributed by atoms with Crippen molar-refractivity contribution in [1.29, 1.82) is 0 Å². The number of carbonyl (C=O) groups excluding carboxylic acids is 2. The number of hydrogen-bond donors (Lipinski definition) is 1. The minimum absolute atomic E-state index is 0.0221. The number of nitrogens with zero attached hydrogens (tertiary/aromatic N) is 1. The maximum absolute atomic E-state index is 12.6. The zero-order valence-electron chi connectivity index (χ0n) is 16.2. The summed E-state index contributed by atoms with van der Waals surface area (Å²) in [6, 6.07) is 15.6. The molecule has 3 rings (SSSR count). The highest BCUT2D eigenvalue weighted by Crippen LogP contribution is 2.27. The van der Waals surface area contributed by atoms with Crippen molar-refractivity contribution in [3.63, 3.8) is 0 Å². The molecule has 1 heterocycles. The van der Waals surface area contributed by atoms with E-state index in [0.29, 0.717) is 19.7 Å². The van der Waals surface area contributed by atoms with Crippen LogP contribution < -0.4 is 10.2 Å². The maximum Gasteiger partial charge on any atom is 0.227 e. The second-order valence-corrected chi connectivity index (χ2v) is 8.20. The van der Waals surface area contributed by atoms with Gasteiger partial charge in [0.05, 0.1) is 18.6 Å². The SMILES string of the molecule is CC(C)OCc1cccc(CNC(=O)C2CC(=O)N(c3cccc(Br)c3)C2)c1. The molecule has 1 saturated heterocycles. The first-order valence-corrected chi connectivity index (χ1v) is 10.2. The predicted octanol–water partition coefficient (Wildman–Crippen LogP) is 4.04. The highest BCUT2D eigenvalue weighted by Gasteiger charge is 2.35. The van der Waals surface area contributed by atoms with Crippen LogP contribution in [0.5, 0.6) is 0 Å².